The largest absolute Gasteiger partial charge is 0.497 e. The molecule has 3 fully saturated rings. The molecule has 10 rings (SSSR count). The van der Waals surface area contributed by atoms with E-state index < -0.39 is 126 Å². The summed E-state index contributed by atoms with van der Waals surface area (Å²) in [6.45, 7) is 13.4. The van der Waals surface area contributed by atoms with Crippen molar-refractivity contribution < 1.29 is 85.1 Å². The third kappa shape index (κ3) is 19.0. The SMILES string of the molecule is C=CC1(C(=O)OC)O[C@@H](O[C@@H]2C(CO[Si](c3ccccc3)(c3ccccc3)C(C)(C)C)OC(OC(=N)C(Cl)(Cl)Cl)C(C)[C@@H]2OCc2ccc(OC)cc2)C(OCc2ccccc2)[C@@H](OC)[C@@H]1O[C@@H]1OC(COC(C)=O)[C@H](OCc2ccccc2)[C@@H](OCc2ccccc2)C1OCc1ccccc1. The molecule has 0 aromatic heterocycles. The molecule has 0 aliphatic carbocycles. The number of methoxy groups -OCH3 is 3. The summed E-state index contributed by atoms with van der Waals surface area (Å²) in [6, 6.07) is 65.6. The molecular weight excluding hydrogens is 1390 g/mol. The van der Waals surface area contributed by atoms with Gasteiger partial charge in [0, 0.05) is 20.0 Å². The van der Waals surface area contributed by atoms with Crippen LogP contribution in [-0.2, 0) is 113 Å². The number of rotatable bonds is 31. The number of ether oxygens (including phenoxy) is 15. The van der Waals surface area contributed by atoms with Gasteiger partial charge >= 0.3 is 11.9 Å². The first-order valence-electron chi connectivity index (χ1n) is 33.8. The molecule has 3 heterocycles. The van der Waals surface area contributed by atoms with Gasteiger partial charge in [0.2, 0.25) is 17.8 Å². The molecule has 3 aliphatic heterocycles. The van der Waals surface area contributed by atoms with Crippen molar-refractivity contribution in [2.75, 3.05) is 34.5 Å². The fourth-order valence-electron chi connectivity index (χ4n) is 13.2. The number of halogens is 3. The fourth-order valence-corrected chi connectivity index (χ4v) is 17.9. The molecule has 3 saturated heterocycles. The van der Waals surface area contributed by atoms with Crippen molar-refractivity contribution in [3.8, 4) is 5.75 Å². The minimum Gasteiger partial charge on any atom is -0.497 e. The normalized spacial score (nSPS) is 26.1. The van der Waals surface area contributed by atoms with E-state index in [0.717, 1.165) is 38.2 Å². The third-order valence-electron chi connectivity index (χ3n) is 18.4. The molecule has 0 saturated carbocycles. The highest BCUT2D eigenvalue weighted by atomic mass is 35.6. The Morgan fingerprint density at radius 2 is 0.951 bits per heavy atom. The van der Waals surface area contributed by atoms with Crippen molar-refractivity contribution in [2.45, 2.75) is 162 Å². The predicted molar refractivity (Wildman–Crippen MR) is 388 cm³/mol. The van der Waals surface area contributed by atoms with Crippen molar-refractivity contribution >= 4 is 71.3 Å². The van der Waals surface area contributed by atoms with Gasteiger partial charge in [-0.25, -0.2) is 4.79 Å². The zero-order valence-electron chi connectivity index (χ0n) is 58.4. The quantitative estimate of drug-likeness (QED) is 0.0107. The zero-order valence-corrected chi connectivity index (χ0v) is 61.7. The molecular formula is C79H90Cl3NO18Si. The number of hydrogen-bond acceptors (Lipinski definition) is 19. The van der Waals surface area contributed by atoms with Gasteiger partial charge in [-0.3, -0.25) is 10.2 Å². The third-order valence-corrected chi connectivity index (χ3v) is 23.9. The molecule has 19 nitrogen and oxygen atoms in total. The van der Waals surface area contributed by atoms with Gasteiger partial charge in [0.25, 0.3) is 12.1 Å². The summed E-state index contributed by atoms with van der Waals surface area (Å²) in [5.41, 5.74) is 1.58. The van der Waals surface area contributed by atoms with Gasteiger partial charge in [-0.05, 0) is 61.4 Å². The van der Waals surface area contributed by atoms with Crippen molar-refractivity contribution in [3.05, 3.63) is 247 Å². The van der Waals surface area contributed by atoms with Gasteiger partial charge in [0.15, 0.2) is 12.6 Å². The van der Waals surface area contributed by atoms with Gasteiger partial charge in [0.05, 0.1) is 60.0 Å². The highest BCUT2D eigenvalue weighted by Gasteiger charge is 2.64. The summed E-state index contributed by atoms with van der Waals surface area (Å²) in [7, 11) is 0.783. The van der Waals surface area contributed by atoms with Crippen molar-refractivity contribution in [1.82, 2.24) is 0 Å². The van der Waals surface area contributed by atoms with E-state index in [1.54, 1.807) is 14.0 Å². The second-order valence-electron chi connectivity index (χ2n) is 26.2. The number of hydrogen-bond donors (Lipinski definition) is 1. The monoisotopic (exact) mass is 1470 g/mol. The molecule has 0 amide bonds. The van der Waals surface area contributed by atoms with E-state index in [0.29, 0.717) is 5.75 Å². The van der Waals surface area contributed by atoms with Crippen LogP contribution in [0.25, 0.3) is 0 Å². The molecule has 544 valence electrons. The van der Waals surface area contributed by atoms with Crippen LogP contribution in [0.15, 0.2) is 219 Å². The Labute approximate surface area is 613 Å². The Bertz CT molecular complexity index is 3700. The molecule has 0 bridgehead atoms. The molecule has 0 radical (unpaired) electrons. The molecule has 15 atom stereocenters. The van der Waals surface area contributed by atoms with Crippen molar-refractivity contribution in [3.63, 3.8) is 0 Å². The van der Waals surface area contributed by atoms with Gasteiger partial charge in [-0.15, -0.1) is 0 Å². The summed E-state index contributed by atoms with van der Waals surface area (Å²) in [5, 5.41) is 10.3. The number of benzene rings is 7. The van der Waals surface area contributed by atoms with Crippen LogP contribution in [0.2, 0.25) is 5.04 Å². The summed E-state index contributed by atoms with van der Waals surface area (Å²) < 4.78 is 107. The topological polar surface area (TPSA) is 206 Å². The summed E-state index contributed by atoms with van der Waals surface area (Å²) in [6.07, 6.45) is -15.6. The number of esters is 2. The molecule has 7 unspecified atom stereocenters. The highest BCUT2D eigenvalue weighted by molar-refractivity contribution is 6.99. The Morgan fingerprint density at radius 1 is 0.529 bits per heavy atom. The molecule has 102 heavy (non-hydrogen) atoms. The van der Waals surface area contributed by atoms with E-state index in [-0.39, 0.29) is 46.2 Å². The van der Waals surface area contributed by atoms with Crippen LogP contribution in [0.4, 0.5) is 0 Å². The van der Waals surface area contributed by atoms with E-state index >= 15 is 4.79 Å². The van der Waals surface area contributed by atoms with Crippen LogP contribution < -0.4 is 15.1 Å². The number of nitrogens with one attached hydrogen (secondary N) is 1. The molecule has 7 aromatic rings. The van der Waals surface area contributed by atoms with Crippen LogP contribution in [0, 0.1) is 11.3 Å². The maximum absolute atomic E-state index is 15.5. The van der Waals surface area contributed by atoms with E-state index in [4.69, 9.17) is 116 Å². The van der Waals surface area contributed by atoms with Gasteiger partial charge < -0.3 is 75.5 Å². The Balaban J connectivity index is 1.12. The van der Waals surface area contributed by atoms with Gasteiger partial charge in [-0.2, -0.15) is 0 Å². The van der Waals surface area contributed by atoms with E-state index in [2.05, 4.69) is 51.6 Å². The average Bonchev–Trinajstić information content (AvgIpc) is 0.822. The maximum atomic E-state index is 15.5. The number of carbonyl (C=O) groups is 2. The minimum absolute atomic E-state index is 0.00778. The number of alkyl halides is 3. The summed E-state index contributed by atoms with van der Waals surface area (Å²) in [4.78, 5) is 28.4. The maximum Gasteiger partial charge on any atom is 0.345 e. The van der Waals surface area contributed by atoms with Crippen LogP contribution in [0.1, 0.15) is 62.4 Å². The minimum atomic E-state index is -3.44. The predicted octanol–water partition coefficient (Wildman–Crippen LogP) is 12.8. The summed E-state index contributed by atoms with van der Waals surface area (Å²) >= 11 is 19.2. The molecule has 1 N–H and O–H groups in total. The van der Waals surface area contributed by atoms with Crippen LogP contribution in [0.3, 0.4) is 0 Å². The van der Waals surface area contributed by atoms with E-state index in [9.17, 15) is 4.79 Å². The van der Waals surface area contributed by atoms with Crippen molar-refractivity contribution in [2.24, 2.45) is 5.92 Å². The lowest BCUT2D eigenvalue weighted by atomic mass is 9.85. The first-order valence-corrected chi connectivity index (χ1v) is 36.9. The zero-order chi connectivity index (χ0) is 72.4. The Kier molecular flexibility index (Phi) is 27.6. The molecule has 0 spiro atoms. The fraction of sp³-hybridized carbons (Fsp3) is 0.405. The lowest BCUT2D eigenvalue weighted by molar-refractivity contribution is -0.393. The lowest BCUT2D eigenvalue weighted by Gasteiger charge is -2.54. The first-order chi connectivity index (χ1) is 49.2. The van der Waals surface area contributed by atoms with Crippen LogP contribution in [-0.4, -0.2) is 150 Å². The highest BCUT2D eigenvalue weighted by Crippen LogP contribution is 2.45. The van der Waals surface area contributed by atoms with Gasteiger partial charge in [-0.1, -0.05) is 263 Å². The molecule has 23 heteroatoms. The first kappa shape index (κ1) is 77.7. The summed E-state index contributed by atoms with van der Waals surface area (Å²) in [5.74, 6) is -2.52. The Hall–Kier alpha value is -6.90. The second kappa shape index (κ2) is 36.2. The molecule has 7 aromatic carbocycles. The average molecular weight is 1480 g/mol. The Morgan fingerprint density at radius 3 is 1.38 bits per heavy atom. The second-order valence-corrected chi connectivity index (χ2v) is 32.8. The van der Waals surface area contributed by atoms with E-state index in [1.807, 2.05) is 182 Å². The number of carbonyl (C=O) groups excluding carboxylic acids is 2. The van der Waals surface area contributed by atoms with Crippen LogP contribution in [0.5, 0.6) is 5.75 Å². The lowest BCUT2D eigenvalue weighted by Crippen LogP contribution is -2.72. The van der Waals surface area contributed by atoms with Crippen LogP contribution >= 0.6 is 34.8 Å². The van der Waals surface area contributed by atoms with Gasteiger partial charge in [0.1, 0.15) is 67.3 Å². The molecule has 3 aliphatic rings. The smallest absolute Gasteiger partial charge is 0.345 e. The van der Waals surface area contributed by atoms with Crippen molar-refractivity contribution in [1.29, 1.82) is 5.41 Å². The van der Waals surface area contributed by atoms with E-state index in [1.165, 1.54) is 27.2 Å². The standard InChI is InChI=1S/C79H90Cl3NO18Si/c1-10-78(76(85)88-9)71(99-73-69(93-47-56-33-21-13-22-34-56)67(92-46-55-31-19-12-20-32-55)65(62(97-73)50-89-53(3)84)91-45-54-29-17-11-18-30-54)68(87-8)70(94-48-57-35-23-14-24-36-57)74(101-78)98-66-63(51-95-102(77(4,5)6,60-37-25-15-26-38-60)61-39-27-16-28-40-61)96-72(100-75(83)79(80,81)82)52(2)64(66)90-49-58-41-43-59(86-7)44-42-58/h10-44,52,62-74,83H,1,45-51H2,2-9H3/t52?,62?,63?,64-,65-,66+,67+,68+,69?,70?,71-,72?,73-,74+,78?/m0/s1.